The van der Waals surface area contributed by atoms with Crippen LogP contribution in [0, 0.1) is 5.82 Å². The lowest BCUT2D eigenvalue weighted by Crippen LogP contribution is -2.00. The van der Waals surface area contributed by atoms with E-state index in [9.17, 15) is 9.50 Å². The van der Waals surface area contributed by atoms with Crippen LogP contribution in [0.3, 0.4) is 0 Å². The normalized spacial score (nSPS) is 12.0. The van der Waals surface area contributed by atoms with Crippen LogP contribution in [-0.4, -0.2) is 12.2 Å². The highest BCUT2D eigenvalue weighted by Gasteiger charge is 2.16. The van der Waals surface area contributed by atoms with Gasteiger partial charge in [-0.3, -0.25) is 0 Å². The van der Waals surface area contributed by atoms with Crippen molar-refractivity contribution in [1.82, 2.24) is 0 Å². The van der Waals surface area contributed by atoms with Crippen molar-refractivity contribution < 1.29 is 19.0 Å². The maximum absolute atomic E-state index is 13.6. The molecule has 2 rings (SSSR count). The van der Waals surface area contributed by atoms with E-state index in [1.165, 1.54) is 19.2 Å². The van der Waals surface area contributed by atoms with E-state index in [0.29, 0.717) is 17.1 Å². The Kier molecular flexibility index (Phi) is 4.02. The topological polar surface area (TPSA) is 38.7 Å². The number of para-hydroxylation sites is 1. The van der Waals surface area contributed by atoms with Crippen molar-refractivity contribution in [2.45, 2.75) is 13.0 Å². The van der Waals surface area contributed by atoms with Crippen molar-refractivity contribution in [2.24, 2.45) is 0 Å². The molecule has 4 heteroatoms. The number of hydrogen-bond acceptors (Lipinski definition) is 3. The molecule has 0 unspecified atom stereocenters. The molecular weight excluding hydrogens is 247 g/mol. The molecule has 0 saturated carbocycles. The van der Waals surface area contributed by atoms with Crippen LogP contribution in [0.2, 0.25) is 0 Å². The first-order valence-corrected chi connectivity index (χ1v) is 5.91. The van der Waals surface area contributed by atoms with Crippen LogP contribution in [0.1, 0.15) is 18.6 Å². The van der Waals surface area contributed by atoms with Gasteiger partial charge in [0.15, 0.2) is 11.6 Å². The minimum Gasteiger partial charge on any atom is -0.496 e. The molecule has 0 radical (unpaired) electrons. The van der Waals surface area contributed by atoms with E-state index in [-0.39, 0.29) is 5.75 Å². The Morgan fingerprint density at radius 2 is 1.63 bits per heavy atom. The summed E-state index contributed by atoms with van der Waals surface area (Å²) in [4.78, 5) is 0. The van der Waals surface area contributed by atoms with Crippen LogP contribution in [0.15, 0.2) is 42.5 Å². The van der Waals surface area contributed by atoms with Gasteiger partial charge >= 0.3 is 0 Å². The molecule has 0 spiro atoms. The Morgan fingerprint density at radius 3 is 2.26 bits per heavy atom. The van der Waals surface area contributed by atoms with Crippen LogP contribution >= 0.6 is 0 Å². The number of rotatable bonds is 4. The van der Waals surface area contributed by atoms with Gasteiger partial charge in [-0.2, -0.15) is 0 Å². The lowest BCUT2D eigenvalue weighted by Gasteiger charge is -2.16. The fourth-order valence-corrected chi connectivity index (χ4v) is 1.85. The van der Waals surface area contributed by atoms with Gasteiger partial charge in [-0.05, 0) is 31.2 Å². The van der Waals surface area contributed by atoms with Crippen molar-refractivity contribution in [3.8, 4) is 17.2 Å². The number of aliphatic hydroxyl groups is 1. The molecule has 0 aliphatic heterocycles. The molecule has 1 N–H and O–H groups in total. The minimum atomic E-state index is -0.780. The summed E-state index contributed by atoms with van der Waals surface area (Å²) in [5.41, 5.74) is 0.494. The molecule has 0 heterocycles. The Labute approximate surface area is 111 Å². The lowest BCUT2D eigenvalue weighted by molar-refractivity contribution is 0.190. The zero-order valence-corrected chi connectivity index (χ0v) is 10.8. The molecule has 19 heavy (non-hydrogen) atoms. The Hall–Kier alpha value is -2.07. The van der Waals surface area contributed by atoms with Crippen molar-refractivity contribution >= 4 is 0 Å². The van der Waals surface area contributed by atoms with E-state index in [4.69, 9.17) is 9.47 Å². The highest BCUT2D eigenvalue weighted by Crippen LogP contribution is 2.36. The van der Waals surface area contributed by atoms with Gasteiger partial charge in [-0.1, -0.05) is 18.2 Å². The van der Waals surface area contributed by atoms with Gasteiger partial charge in [-0.25, -0.2) is 4.39 Å². The van der Waals surface area contributed by atoms with Gasteiger partial charge in [0.2, 0.25) is 0 Å². The van der Waals surface area contributed by atoms with E-state index in [1.807, 2.05) is 0 Å². The highest BCUT2D eigenvalue weighted by atomic mass is 19.1. The van der Waals surface area contributed by atoms with Crippen LogP contribution in [0.5, 0.6) is 17.2 Å². The van der Waals surface area contributed by atoms with Crippen LogP contribution in [0.25, 0.3) is 0 Å². The van der Waals surface area contributed by atoms with Crippen molar-refractivity contribution in [3.63, 3.8) is 0 Å². The molecule has 100 valence electrons. The predicted octanol–water partition coefficient (Wildman–Crippen LogP) is 3.68. The van der Waals surface area contributed by atoms with Gasteiger partial charge in [0.25, 0.3) is 0 Å². The molecule has 3 nitrogen and oxygen atoms in total. The van der Waals surface area contributed by atoms with Gasteiger partial charge in [-0.15, -0.1) is 0 Å². The second-order valence-electron chi connectivity index (χ2n) is 4.08. The standard InChI is InChI=1S/C15H15FO3/c1-10(17)15-13(18-2)8-5-9-14(15)19-12-7-4-3-6-11(12)16/h3-10,17H,1-2H3/t10-/m1/s1. The molecule has 0 saturated heterocycles. The molecule has 0 aliphatic rings. The zero-order valence-electron chi connectivity index (χ0n) is 10.8. The van der Waals surface area contributed by atoms with Crippen molar-refractivity contribution in [1.29, 1.82) is 0 Å². The van der Waals surface area contributed by atoms with Crippen LogP contribution in [0.4, 0.5) is 4.39 Å². The molecule has 0 aromatic heterocycles. The molecule has 0 fully saturated rings. The lowest BCUT2D eigenvalue weighted by atomic mass is 10.1. The van der Waals surface area contributed by atoms with Crippen molar-refractivity contribution in [2.75, 3.05) is 7.11 Å². The van der Waals surface area contributed by atoms with Gasteiger partial charge in [0.1, 0.15) is 11.5 Å². The van der Waals surface area contributed by atoms with E-state index in [0.717, 1.165) is 0 Å². The van der Waals surface area contributed by atoms with Crippen molar-refractivity contribution in [3.05, 3.63) is 53.8 Å². The number of aliphatic hydroxyl groups excluding tert-OH is 1. The summed E-state index contributed by atoms with van der Waals surface area (Å²) in [6, 6.07) is 11.2. The third-order valence-electron chi connectivity index (χ3n) is 2.72. The summed E-state index contributed by atoms with van der Waals surface area (Å²) in [6.07, 6.45) is -0.780. The summed E-state index contributed by atoms with van der Waals surface area (Å²) < 4.78 is 24.3. The van der Waals surface area contributed by atoms with Crippen LogP contribution < -0.4 is 9.47 Å². The maximum atomic E-state index is 13.6. The molecule has 0 amide bonds. The average Bonchev–Trinajstić information content (AvgIpc) is 2.40. The first-order valence-electron chi connectivity index (χ1n) is 5.91. The monoisotopic (exact) mass is 262 g/mol. The highest BCUT2D eigenvalue weighted by molar-refractivity contribution is 5.48. The SMILES string of the molecule is COc1cccc(Oc2ccccc2F)c1[C@@H](C)O. The first kappa shape index (κ1) is 13.4. The second kappa shape index (κ2) is 5.71. The molecule has 2 aromatic rings. The average molecular weight is 262 g/mol. The first-order chi connectivity index (χ1) is 9.13. The maximum Gasteiger partial charge on any atom is 0.165 e. The predicted molar refractivity (Wildman–Crippen MR) is 70.1 cm³/mol. The van der Waals surface area contributed by atoms with Crippen LogP contribution in [-0.2, 0) is 0 Å². The van der Waals surface area contributed by atoms with E-state index < -0.39 is 11.9 Å². The summed E-state index contributed by atoms with van der Waals surface area (Å²) in [5, 5.41) is 9.81. The third-order valence-corrected chi connectivity index (χ3v) is 2.72. The fourth-order valence-electron chi connectivity index (χ4n) is 1.85. The number of ether oxygens (including phenoxy) is 2. The number of benzene rings is 2. The Bertz CT molecular complexity index is 567. The molecule has 0 aliphatic carbocycles. The summed E-state index contributed by atoms with van der Waals surface area (Å²) in [6.45, 7) is 1.60. The van der Waals surface area contributed by atoms with E-state index in [2.05, 4.69) is 0 Å². The molecule has 2 aromatic carbocycles. The van der Waals surface area contributed by atoms with E-state index in [1.54, 1.807) is 37.3 Å². The zero-order chi connectivity index (χ0) is 13.8. The van der Waals surface area contributed by atoms with E-state index >= 15 is 0 Å². The minimum absolute atomic E-state index is 0.109. The fraction of sp³-hybridized carbons (Fsp3) is 0.200. The Morgan fingerprint density at radius 1 is 1.00 bits per heavy atom. The largest absolute Gasteiger partial charge is 0.496 e. The Balaban J connectivity index is 2.43. The molecule has 0 bridgehead atoms. The third kappa shape index (κ3) is 2.85. The van der Waals surface area contributed by atoms with Gasteiger partial charge in [0, 0.05) is 0 Å². The summed E-state index contributed by atoms with van der Waals surface area (Å²) >= 11 is 0. The summed E-state index contributed by atoms with van der Waals surface area (Å²) in [5.74, 6) is 0.530. The van der Waals surface area contributed by atoms with Gasteiger partial charge in [0.05, 0.1) is 18.8 Å². The number of halogens is 1. The summed E-state index contributed by atoms with van der Waals surface area (Å²) in [7, 11) is 1.51. The van der Waals surface area contributed by atoms with Gasteiger partial charge < -0.3 is 14.6 Å². The second-order valence-corrected chi connectivity index (χ2v) is 4.08. The number of hydrogen-bond donors (Lipinski definition) is 1. The smallest absolute Gasteiger partial charge is 0.165 e. The number of methoxy groups -OCH3 is 1. The quantitative estimate of drug-likeness (QED) is 0.913. The molecule has 1 atom stereocenters. The molecular formula is C15H15FO3.